The summed E-state index contributed by atoms with van der Waals surface area (Å²) < 4.78 is 1.91. The van der Waals surface area contributed by atoms with E-state index in [1.54, 1.807) is 6.20 Å². The van der Waals surface area contributed by atoms with E-state index in [-0.39, 0.29) is 0 Å². The zero-order valence-corrected chi connectivity index (χ0v) is 14.9. The number of anilines is 1. The largest absolute Gasteiger partial charge is 0.369 e. The van der Waals surface area contributed by atoms with E-state index in [1.807, 2.05) is 4.68 Å². The number of nitriles is 1. The quantitative estimate of drug-likeness (QED) is 0.802. The van der Waals surface area contributed by atoms with Gasteiger partial charge in [0.1, 0.15) is 17.5 Å². The lowest BCUT2D eigenvalue weighted by Crippen LogP contribution is -2.44. The van der Waals surface area contributed by atoms with Crippen molar-refractivity contribution in [1.82, 2.24) is 20.0 Å². The fraction of sp³-hybridized carbons (Fsp3) is 0.474. The number of fused-ring (bicyclic) bond motifs is 1. The Balaban J connectivity index is 1.57. The van der Waals surface area contributed by atoms with Gasteiger partial charge in [0, 0.05) is 38.1 Å². The number of benzene rings is 1. The second kappa shape index (κ2) is 8.15. The normalized spacial score (nSPS) is 17.6. The molecule has 1 aliphatic heterocycles. The number of likely N-dealkylation sites (N-methyl/N-ethyl adjacent to an activating group) is 1. The highest BCUT2D eigenvalue weighted by atomic mass is 15.3. The Morgan fingerprint density at radius 3 is 2.92 bits per heavy atom. The van der Waals surface area contributed by atoms with E-state index in [1.165, 1.54) is 5.56 Å². The van der Waals surface area contributed by atoms with E-state index in [0.29, 0.717) is 17.5 Å². The highest BCUT2D eigenvalue weighted by Gasteiger charge is 2.22. The lowest BCUT2D eigenvalue weighted by atomic mass is 10.0. The standard InChI is InChI=1S/C19H26N6/c1-24(2)14-18(8-15-6-4-3-5-7-15)21-10-16-11-22-19-17(9-20)12-23-25(19)13-16/h3-7,12,16,18,21-22H,8,10-11,13-14H2,1-2H3/t16-,18-/m0/s1. The summed E-state index contributed by atoms with van der Waals surface area (Å²) in [7, 11) is 4.22. The number of aromatic nitrogens is 2. The first-order valence-corrected chi connectivity index (χ1v) is 8.77. The van der Waals surface area contributed by atoms with Crippen LogP contribution in [0.2, 0.25) is 0 Å². The summed E-state index contributed by atoms with van der Waals surface area (Å²) >= 11 is 0. The van der Waals surface area contributed by atoms with Crippen molar-refractivity contribution in [2.45, 2.75) is 19.0 Å². The van der Waals surface area contributed by atoms with Crippen LogP contribution >= 0.6 is 0 Å². The van der Waals surface area contributed by atoms with Gasteiger partial charge >= 0.3 is 0 Å². The van der Waals surface area contributed by atoms with Gasteiger partial charge in [-0.25, -0.2) is 4.68 Å². The third-order valence-electron chi connectivity index (χ3n) is 4.55. The molecule has 0 aliphatic carbocycles. The van der Waals surface area contributed by atoms with Crippen LogP contribution in [0.4, 0.5) is 5.82 Å². The molecule has 0 saturated carbocycles. The van der Waals surface area contributed by atoms with E-state index >= 15 is 0 Å². The molecule has 3 rings (SSSR count). The van der Waals surface area contributed by atoms with Crippen LogP contribution in [0, 0.1) is 17.2 Å². The molecule has 2 aromatic rings. The van der Waals surface area contributed by atoms with Crippen molar-refractivity contribution in [3.63, 3.8) is 0 Å². The SMILES string of the molecule is CN(C)C[C@H](Cc1ccccc1)NC[C@H]1CNc2c(C#N)cnn2C1. The summed E-state index contributed by atoms with van der Waals surface area (Å²) in [6, 6.07) is 13.2. The molecule has 25 heavy (non-hydrogen) atoms. The van der Waals surface area contributed by atoms with E-state index in [4.69, 9.17) is 5.26 Å². The summed E-state index contributed by atoms with van der Waals surface area (Å²) in [5.41, 5.74) is 1.98. The van der Waals surface area contributed by atoms with Crippen LogP contribution in [0.5, 0.6) is 0 Å². The maximum atomic E-state index is 9.09. The average molecular weight is 338 g/mol. The Labute approximate surface area is 149 Å². The average Bonchev–Trinajstić information content (AvgIpc) is 3.02. The Hall–Kier alpha value is -2.36. The lowest BCUT2D eigenvalue weighted by molar-refractivity contribution is 0.309. The number of rotatable bonds is 7. The Morgan fingerprint density at radius 2 is 2.20 bits per heavy atom. The maximum Gasteiger partial charge on any atom is 0.142 e. The molecule has 6 nitrogen and oxygen atoms in total. The molecule has 0 fully saturated rings. The fourth-order valence-electron chi connectivity index (χ4n) is 3.35. The molecule has 2 heterocycles. The topological polar surface area (TPSA) is 68.9 Å². The highest BCUT2D eigenvalue weighted by molar-refractivity contribution is 5.52. The Kier molecular flexibility index (Phi) is 5.69. The minimum Gasteiger partial charge on any atom is -0.369 e. The number of hydrogen-bond donors (Lipinski definition) is 2. The molecule has 0 bridgehead atoms. The van der Waals surface area contributed by atoms with E-state index in [2.05, 4.69) is 71.1 Å². The monoisotopic (exact) mass is 338 g/mol. The second-order valence-corrected chi connectivity index (χ2v) is 7.00. The van der Waals surface area contributed by atoms with Gasteiger partial charge in [-0.3, -0.25) is 0 Å². The van der Waals surface area contributed by atoms with E-state index in [0.717, 1.165) is 38.4 Å². The summed E-state index contributed by atoms with van der Waals surface area (Å²) in [5.74, 6) is 1.31. The van der Waals surface area contributed by atoms with Gasteiger partial charge in [-0.05, 0) is 26.1 Å². The third-order valence-corrected chi connectivity index (χ3v) is 4.55. The van der Waals surface area contributed by atoms with Gasteiger partial charge in [0.25, 0.3) is 0 Å². The first-order chi connectivity index (χ1) is 12.2. The van der Waals surface area contributed by atoms with Crippen molar-refractivity contribution in [3.8, 4) is 6.07 Å². The van der Waals surface area contributed by atoms with Crippen molar-refractivity contribution < 1.29 is 0 Å². The predicted molar refractivity (Wildman–Crippen MR) is 99.4 cm³/mol. The van der Waals surface area contributed by atoms with Crippen molar-refractivity contribution in [3.05, 3.63) is 47.7 Å². The molecule has 0 radical (unpaired) electrons. The molecule has 0 unspecified atom stereocenters. The minimum absolute atomic E-state index is 0.408. The van der Waals surface area contributed by atoms with Gasteiger partial charge in [-0.1, -0.05) is 30.3 Å². The van der Waals surface area contributed by atoms with Gasteiger partial charge in [-0.15, -0.1) is 0 Å². The fourth-order valence-corrected chi connectivity index (χ4v) is 3.35. The van der Waals surface area contributed by atoms with Crippen molar-refractivity contribution >= 4 is 5.82 Å². The van der Waals surface area contributed by atoms with E-state index in [9.17, 15) is 0 Å². The molecule has 132 valence electrons. The zero-order valence-electron chi connectivity index (χ0n) is 14.9. The molecule has 0 spiro atoms. The van der Waals surface area contributed by atoms with Gasteiger partial charge in [0.15, 0.2) is 0 Å². The molecule has 2 atom stereocenters. The molecule has 0 saturated heterocycles. The highest BCUT2D eigenvalue weighted by Crippen LogP contribution is 2.20. The van der Waals surface area contributed by atoms with Crippen molar-refractivity contribution in [2.75, 3.05) is 39.0 Å². The first kappa shape index (κ1) is 17.5. The number of hydrogen-bond acceptors (Lipinski definition) is 5. The molecule has 6 heteroatoms. The summed E-state index contributed by atoms with van der Waals surface area (Å²) in [6.45, 7) is 3.64. The van der Waals surface area contributed by atoms with Crippen LogP contribution in [0.1, 0.15) is 11.1 Å². The molecule has 1 aliphatic rings. The van der Waals surface area contributed by atoms with Crippen LogP contribution in [0.25, 0.3) is 0 Å². The molecule has 0 amide bonds. The Morgan fingerprint density at radius 1 is 1.40 bits per heavy atom. The van der Waals surface area contributed by atoms with Gasteiger partial charge in [0.2, 0.25) is 0 Å². The number of nitrogens with zero attached hydrogens (tertiary/aromatic N) is 4. The third kappa shape index (κ3) is 4.59. The van der Waals surface area contributed by atoms with Crippen LogP contribution in [0.3, 0.4) is 0 Å². The van der Waals surface area contributed by atoms with Crippen LogP contribution in [-0.2, 0) is 13.0 Å². The smallest absolute Gasteiger partial charge is 0.142 e. The molecule has 2 N–H and O–H groups in total. The number of nitrogens with one attached hydrogen (secondary N) is 2. The zero-order chi connectivity index (χ0) is 17.6. The Bertz CT molecular complexity index is 715. The molecular formula is C19H26N6. The lowest BCUT2D eigenvalue weighted by Gasteiger charge is -2.29. The second-order valence-electron chi connectivity index (χ2n) is 7.00. The van der Waals surface area contributed by atoms with Gasteiger partial charge in [0.05, 0.1) is 6.20 Å². The predicted octanol–water partition coefficient (Wildman–Crippen LogP) is 1.56. The van der Waals surface area contributed by atoms with Gasteiger partial charge < -0.3 is 15.5 Å². The van der Waals surface area contributed by atoms with Crippen LogP contribution in [0.15, 0.2) is 36.5 Å². The molecule has 1 aromatic carbocycles. The molecular weight excluding hydrogens is 312 g/mol. The van der Waals surface area contributed by atoms with Crippen LogP contribution in [-0.4, -0.2) is 54.5 Å². The first-order valence-electron chi connectivity index (χ1n) is 8.77. The molecule has 1 aromatic heterocycles. The summed E-state index contributed by atoms with van der Waals surface area (Å²) in [5, 5.41) is 20.5. The summed E-state index contributed by atoms with van der Waals surface area (Å²) in [4.78, 5) is 2.23. The van der Waals surface area contributed by atoms with Crippen molar-refractivity contribution in [2.24, 2.45) is 5.92 Å². The summed E-state index contributed by atoms with van der Waals surface area (Å²) in [6.07, 6.45) is 2.66. The van der Waals surface area contributed by atoms with Crippen molar-refractivity contribution in [1.29, 1.82) is 5.26 Å². The van der Waals surface area contributed by atoms with Gasteiger partial charge in [-0.2, -0.15) is 10.4 Å². The van der Waals surface area contributed by atoms with E-state index < -0.39 is 0 Å². The minimum atomic E-state index is 0.408. The van der Waals surface area contributed by atoms with Crippen LogP contribution < -0.4 is 10.6 Å². The maximum absolute atomic E-state index is 9.09.